The molecular formula is C25H25NO2. The first-order valence-corrected chi connectivity index (χ1v) is 9.54. The summed E-state index contributed by atoms with van der Waals surface area (Å²) in [6.07, 6.45) is 0. The van der Waals surface area contributed by atoms with Gasteiger partial charge in [-0.1, -0.05) is 54.1 Å². The van der Waals surface area contributed by atoms with Gasteiger partial charge in [-0.3, -0.25) is 4.99 Å². The third kappa shape index (κ3) is 3.18. The molecule has 1 heterocycles. The molecule has 1 aliphatic heterocycles. The van der Waals surface area contributed by atoms with Crippen LogP contribution >= 0.6 is 0 Å². The van der Waals surface area contributed by atoms with Gasteiger partial charge in [0.1, 0.15) is 11.5 Å². The molecule has 0 saturated heterocycles. The minimum Gasteiger partial charge on any atom is -0.497 e. The first-order valence-electron chi connectivity index (χ1n) is 9.54. The van der Waals surface area contributed by atoms with E-state index in [0.717, 1.165) is 22.8 Å². The number of methoxy groups -OCH3 is 2. The molecule has 3 heteroatoms. The van der Waals surface area contributed by atoms with Gasteiger partial charge in [0.05, 0.1) is 20.3 Å². The molecule has 0 spiro atoms. The lowest BCUT2D eigenvalue weighted by atomic mass is 9.77. The summed E-state index contributed by atoms with van der Waals surface area (Å²) < 4.78 is 11.2. The number of fused-ring (bicyclic) bond motifs is 1. The zero-order chi connectivity index (χ0) is 19.7. The first kappa shape index (κ1) is 18.3. The molecule has 0 amide bonds. The fourth-order valence-corrected chi connectivity index (χ4v) is 4.11. The Morgan fingerprint density at radius 1 is 0.786 bits per heavy atom. The molecule has 3 aromatic carbocycles. The monoisotopic (exact) mass is 371 g/mol. The van der Waals surface area contributed by atoms with Crippen molar-refractivity contribution < 1.29 is 9.47 Å². The van der Waals surface area contributed by atoms with Crippen LogP contribution in [-0.2, 0) is 0 Å². The van der Waals surface area contributed by atoms with E-state index in [2.05, 4.69) is 62.4 Å². The Kier molecular flexibility index (Phi) is 4.91. The Morgan fingerprint density at radius 2 is 1.54 bits per heavy atom. The fourth-order valence-electron chi connectivity index (χ4n) is 4.11. The molecule has 0 N–H and O–H groups in total. The van der Waals surface area contributed by atoms with E-state index in [1.54, 1.807) is 14.2 Å². The minimum atomic E-state index is 0.00677. The van der Waals surface area contributed by atoms with Gasteiger partial charge in [-0.15, -0.1) is 0 Å². The van der Waals surface area contributed by atoms with E-state index < -0.39 is 0 Å². The highest BCUT2D eigenvalue weighted by Crippen LogP contribution is 2.46. The van der Waals surface area contributed by atoms with Gasteiger partial charge in [0.2, 0.25) is 0 Å². The van der Waals surface area contributed by atoms with E-state index in [4.69, 9.17) is 14.5 Å². The molecular weight excluding hydrogens is 346 g/mol. The minimum absolute atomic E-state index is 0.00677. The van der Waals surface area contributed by atoms with Crippen LogP contribution in [-0.4, -0.2) is 19.9 Å². The highest BCUT2D eigenvalue weighted by Gasteiger charge is 2.34. The number of hydrogen-bond acceptors (Lipinski definition) is 3. The van der Waals surface area contributed by atoms with E-state index in [9.17, 15) is 0 Å². The van der Waals surface area contributed by atoms with E-state index in [0.29, 0.717) is 0 Å². The molecule has 0 saturated carbocycles. The normalized spacial score (nSPS) is 18.2. The van der Waals surface area contributed by atoms with Crippen LogP contribution < -0.4 is 9.47 Å². The van der Waals surface area contributed by atoms with Crippen molar-refractivity contribution in [3.63, 3.8) is 0 Å². The highest BCUT2D eigenvalue weighted by molar-refractivity contribution is 6.04. The lowest BCUT2D eigenvalue weighted by Crippen LogP contribution is -2.21. The summed E-state index contributed by atoms with van der Waals surface area (Å²) >= 11 is 0. The van der Waals surface area contributed by atoms with Gasteiger partial charge in [0.25, 0.3) is 0 Å². The van der Waals surface area contributed by atoms with Gasteiger partial charge >= 0.3 is 0 Å². The average Bonchev–Trinajstić information content (AvgIpc) is 2.73. The summed E-state index contributed by atoms with van der Waals surface area (Å²) in [6.45, 7) is 4.18. The third-order valence-corrected chi connectivity index (χ3v) is 5.50. The van der Waals surface area contributed by atoms with Crippen molar-refractivity contribution in [2.45, 2.75) is 25.8 Å². The van der Waals surface area contributed by atoms with Gasteiger partial charge in [-0.05, 0) is 48.7 Å². The Balaban J connectivity index is 1.94. The molecule has 0 radical (unpaired) electrons. The Bertz CT molecular complexity index is 1020. The number of nitrogens with zero attached hydrogens (tertiary/aromatic N) is 1. The number of rotatable bonds is 4. The van der Waals surface area contributed by atoms with Crippen LogP contribution in [0.4, 0.5) is 0 Å². The molecule has 0 aromatic heterocycles. The van der Waals surface area contributed by atoms with Crippen LogP contribution in [0.5, 0.6) is 11.5 Å². The van der Waals surface area contributed by atoms with Crippen LogP contribution in [0.2, 0.25) is 0 Å². The van der Waals surface area contributed by atoms with Crippen LogP contribution in [0.25, 0.3) is 0 Å². The van der Waals surface area contributed by atoms with Crippen molar-refractivity contribution in [3.8, 4) is 11.5 Å². The number of ether oxygens (including phenoxy) is 2. The topological polar surface area (TPSA) is 30.8 Å². The summed E-state index contributed by atoms with van der Waals surface area (Å²) in [7, 11) is 3.42. The Labute approximate surface area is 166 Å². The predicted molar refractivity (Wildman–Crippen MR) is 114 cm³/mol. The number of aliphatic imine (C=N–C) groups is 1. The maximum atomic E-state index is 5.66. The van der Waals surface area contributed by atoms with Crippen LogP contribution in [0.15, 0.2) is 71.7 Å². The summed E-state index contributed by atoms with van der Waals surface area (Å²) in [5.41, 5.74) is 7.01. The van der Waals surface area contributed by atoms with Crippen molar-refractivity contribution in [2.75, 3.05) is 14.2 Å². The molecule has 0 unspecified atom stereocenters. The molecule has 3 aromatic rings. The Hall–Kier alpha value is -3.07. The number of hydrogen-bond donors (Lipinski definition) is 0. The Morgan fingerprint density at radius 3 is 2.25 bits per heavy atom. The first-order chi connectivity index (χ1) is 13.6. The second-order valence-electron chi connectivity index (χ2n) is 7.25. The van der Waals surface area contributed by atoms with Crippen molar-refractivity contribution >= 4 is 5.71 Å². The van der Waals surface area contributed by atoms with E-state index >= 15 is 0 Å². The molecule has 28 heavy (non-hydrogen) atoms. The summed E-state index contributed by atoms with van der Waals surface area (Å²) in [5.74, 6) is 1.82. The highest BCUT2D eigenvalue weighted by atomic mass is 16.5. The molecule has 1 aliphatic rings. The lowest BCUT2D eigenvalue weighted by Gasteiger charge is -2.33. The van der Waals surface area contributed by atoms with Crippen LogP contribution in [0.1, 0.15) is 46.7 Å². The molecule has 2 atom stereocenters. The summed E-state index contributed by atoms with van der Waals surface area (Å²) in [6, 6.07) is 23.3. The quantitative estimate of drug-likeness (QED) is 0.588. The van der Waals surface area contributed by atoms with Crippen molar-refractivity contribution in [1.29, 1.82) is 0 Å². The number of benzene rings is 3. The maximum Gasteiger partial charge on any atom is 0.128 e. The van der Waals surface area contributed by atoms with Gasteiger partial charge < -0.3 is 9.47 Å². The van der Waals surface area contributed by atoms with Gasteiger partial charge in [-0.2, -0.15) is 0 Å². The predicted octanol–water partition coefficient (Wildman–Crippen LogP) is 5.71. The summed E-state index contributed by atoms with van der Waals surface area (Å²) in [4.78, 5) is 5.14. The van der Waals surface area contributed by atoms with Crippen LogP contribution in [0.3, 0.4) is 0 Å². The second kappa shape index (κ2) is 7.51. The third-order valence-electron chi connectivity index (χ3n) is 5.50. The SMILES string of the molecule is COc1cccc([C@@H]2c3cccc(OC)c3C(C)=N[C@H]2c2ccc(C)cc2)c1. The van der Waals surface area contributed by atoms with Gasteiger partial charge in [0.15, 0.2) is 0 Å². The van der Waals surface area contributed by atoms with Crippen molar-refractivity contribution in [1.82, 2.24) is 0 Å². The molecule has 0 aliphatic carbocycles. The zero-order valence-corrected chi connectivity index (χ0v) is 16.8. The summed E-state index contributed by atoms with van der Waals surface area (Å²) in [5, 5.41) is 0. The average molecular weight is 371 g/mol. The van der Waals surface area contributed by atoms with E-state index in [-0.39, 0.29) is 12.0 Å². The fraction of sp³-hybridized carbons (Fsp3) is 0.240. The standard InChI is InChI=1S/C25H25NO2/c1-16-11-13-18(14-12-16)25-24(19-7-5-8-20(15-19)27-3)21-9-6-10-22(28-4)23(21)17(2)26-25/h5-15,24-25H,1-4H3/t24-,25+/m1/s1. The molecule has 3 nitrogen and oxygen atoms in total. The zero-order valence-electron chi connectivity index (χ0n) is 16.8. The largest absolute Gasteiger partial charge is 0.497 e. The van der Waals surface area contributed by atoms with E-state index in [1.807, 2.05) is 18.2 Å². The van der Waals surface area contributed by atoms with Crippen molar-refractivity contribution in [3.05, 3.63) is 94.5 Å². The molecule has 0 bridgehead atoms. The smallest absolute Gasteiger partial charge is 0.128 e. The molecule has 0 fully saturated rings. The molecule has 142 valence electrons. The van der Waals surface area contributed by atoms with Crippen LogP contribution in [0, 0.1) is 6.92 Å². The van der Waals surface area contributed by atoms with Gasteiger partial charge in [0, 0.05) is 17.2 Å². The van der Waals surface area contributed by atoms with E-state index in [1.165, 1.54) is 22.3 Å². The van der Waals surface area contributed by atoms with Gasteiger partial charge in [-0.25, -0.2) is 0 Å². The lowest BCUT2D eigenvalue weighted by molar-refractivity contribution is 0.411. The molecule has 4 rings (SSSR count). The second-order valence-corrected chi connectivity index (χ2v) is 7.25. The van der Waals surface area contributed by atoms with Crippen molar-refractivity contribution in [2.24, 2.45) is 4.99 Å². The number of aryl methyl sites for hydroxylation is 1. The maximum absolute atomic E-state index is 5.66.